The van der Waals surface area contributed by atoms with E-state index in [0.717, 1.165) is 11.3 Å². The van der Waals surface area contributed by atoms with E-state index in [9.17, 15) is 9.18 Å². The number of rotatable bonds is 4. The lowest BCUT2D eigenvalue weighted by Crippen LogP contribution is -2.18. The third-order valence-electron chi connectivity index (χ3n) is 2.61. The topological polar surface area (TPSA) is 50.7 Å². The van der Waals surface area contributed by atoms with E-state index in [-0.39, 0.29) is 5.56 Å². The smallest absolute Gasteiger partial charge is 0.274 e. The Morgan fingerprint density at radius 1 is 1.20 bits per heavy atom. The number of carbonyl (C=O) groups is 1. The van der Waals surface area contributed by atoms with Gasteiger partial charge in [-0.25, -0.2) is 9.82 Å². The molecule has 4 nitrogen and oxygen atoms in total. The van der Waals surface area contributed by atoms with Crippen LogP contribution < -0.4 is 10.2 Å². The predicted molar refractivity (Wildman–Crippen MR) is 74.5 cm³/mol. The summed E-state index contributed by atoms with van der Waals surface area (Å²) < 4.78 is 18.4. The van der Waals surface area contributed by atoms with Gasteiger partial charge in [-0.3, -0.25) is 4.79 Å². The average Bonchev–Trinajstić information content (AvgIpc) is 2.48. The molecule has 0 aromatic heterocycles. The van der Waals surface area contributed by atoms with Crippen LogP contribution in [0.25, 0.3) is 0 Å². The van der Waals surface area contributed by atoms with Crippen LogP contribution in [0.15, 0.2) is 53.6 Å². The second kappa shape index (κ2) is 6.47. The molecule has 2 aromatic carbocycles. The molecule has 1 amide bonds. The Balaban J connectivity index is 1.99. The number of amides is 1. The van der Waals surface area contributed by atoms with Gasteiger partial charge in [0.25, 0.3) is 5.91 Å². The Morgan fingerprint density at radius 2 is 1.90 bits per heavy atom. The first kappa shape index (κ1) is 13.7. The van der Waals surface area contributed by atoms with Crippen molar-refractivity contribution in [1.82, 2.24) is 5.43 Å². The van der Waals surface area contributed by atoms with Gasteiger partial charge >= 0.3 is 0 Å². The fraction of sp³-hybridized carbons (Fsp3) is 0.0667. The highest BCUT2D eigenvalue weighted by molar-refractivity contribution is 5.95. The van der Waals surface area contributed by atoms with Crippen molar-refractivity contribution in [3.05, 3.63) is 65.5 Å². The second-order valence-electron chi connectivity index (χ2n) is 3.95. The van der Waals surface area contributed by atoms with E-state index in [1.165, 1.54) is 24.4 Å². The summed E-state index contributed by atoms with van der Waals surface area (Å²) >= 11 is 0. The SMILES string of the molecule is COc1ccc(/C=N\NC(=O)c2ccccc2F)cc1. The van der Waals surface area contributed by atoms with Crippen LogP contribution in [0.2, 0.25) is 0 Å². The van der Waals surface area contributed by atoms with Gasteiger partial charge in [-0.1, -0.05) is 12.1 Å². The Kier molecular flexibility index (Phi) is 4.44. The molecule has 0 saturated heterocycles. The molecule has 0 unspecified atom stereocenters. The van der Waals surface area contributed by atoms with Crippen LogP contribution >= 0.6 is 0 Å². The normalized spacial score (nSPS) is 10.5. The van der Waals surface area contributed by atoms with Gasteiger partial charge in [0.15, 0.2) is 0 Å². The van der Waals surface area contributed by atoms with E-state index in [4.69, 9.17) is 4.74 Å². The zero-order valence-electron chi connectivity index (χ0n) is 10.8. The number of hydrogen-bond donors (Lipinski definition) is 1. The molecule has 0 spiro atoms. The lowest BCUT2D eigenvalue weighted by atomic mass is 10.2. The molecule has 5 heteroatoms. The highest BCUT2D eigenvalue weighted by Gasteiger charge is 2.08. The van der Waals surface area contributed by atoms with Crippen molar-refractivity contribution in [2.45, 2.75) is 0 Å². The van der Waals surface area contributed by atoms with Crippen molar-refractivity contribution in [1.29, 1.82) is 0 Å². The van der Waals surface area contributed by atoms with Crippen molar-refractivity contribution in [3.8, 4) is 5.75 Å². The number of methoxy groups -OCH3 is 1. The quantitative estimate of drug-likeness (QED) is 0.687. The predicted octanol–water partition coefficient (Wildman–Crippen LogP) is 2.60. The average molecular weight is 272 g/mol. The van der Waals surface area contributed by atoms with E-state index < -0.39 is 11.7 Å². The number of carbonyl (C=O) groups excluding carboxylic acids is 1. The van der Waals surface area contributed by atoms with Crippen molar-refractivity contribution >= 4 is 12.1 Å². The molecule has 0 fully saturated rings. The number of hydrogen-bond acceptors (Lipinski definition) is 3. The summed E-state index contributed by atoms with van der Waals surface area (Å²) in [6.45, 7) is 0. The van der Waals surface area contributed by atoms with Crippen molar-refractivity contribution in [2.75, 3.05) is 7.11 Å². The van der Waals surface area contributed by atoms with Crippen molar-refractivity contribution < 1.29 is 13.9 Å². The fourth-order valence-corrected chi connectivity index (χ4v) is 1.56. The maximum Gasteiger partial charge on any atom is 0.274 e. The summed E-state index contributed by atoms with van der Waals surface area (Å²) in [5, 5.41) is 3.78. The van der Waals surface area contributed by atoms with E-state index >= 15 is 0 Å². The Bertz CT molecular complexity index is 624. The molecule has 1 N–H and O–H groups in total. The summed E-state index contributed by atoms with van der Waals surface area (Å²) in [4.78, 5) is 11.7. The van der Waals surface area contributed by atoms with Crippen LogP contribution in [0.4, 0.5) is 4.39 Å². The first-order chi connectivity index (χ1) is 9.70. The number of ether oxygens (including phenoxy) is 1. The molecule has 0 aliphatic carbocycles. The molecular formula is C15H13FN2O2. The molecule has 2 aromatic rings. The zero-order valence-corrected chi connectivity index (χ0v) is 10.8. The Labute approximate surface area is 115 Å². The molecule has 0 heterocycles. The molecule has 0 atom stereocenters. The van der Waals surface area contributed by atoms with Gasteiger partial charge in [0, 0.05) is 0 Å². The van der Waals surface area contributed by atoms with Gasteiger partial charge in [0.05, 0.1) is 18.9 Å². The molecule has 0 radical (unpaired) electrons. The highest BCUT2D eigenvalue weighted by Crippen LogP contribution is 2.09. The van der Waals surface area contributed by atoms with Gasteiger partial charge in [-0.05, 0) is 42.0 Å². The van der Waals surface area contributed by atoms with Crippen LogP contribution in [0, 0.1) is 5.82 Å². The van der Waals surface area contributed by atoms with Crippen LogP contribution in [-0.4, -0.2) is 19.2 Å². The van der Waals surface area contributed by atoms with Gasteiger partial charge < -0.3 is 4.74 Å². The van der Waals surface area contributed by atoms with Crippen molar-refractivity contribution in [2.24, 2.45) is 5.10 Å². The van der Waals surface area contributed by atoms with Gasteiger partial charge in [0.2, 0.25) is 0 Å². The summed E-state index contributed by atoms with van der Waals surface area (Å²) in [5.74, 6) is -0.435. The molecule has 2 rings (SSSR count). The van der Waals surface area contributed by atoms with Crippen molar-refractivity contribution in [3.63, 3.8) is 0 Å². The first-order valence-corrected chi connectivity index (χ1v) is 5.92. The molecule has 0 aliphatic rings. The standard InChI is InChI=1S/C15H13FN2O2/c1-20-12-8-6-11(7-9-12)10-17-18-15(19)13-4-2-3-5-14(13)16/h2-10H,1H3,(H,18,19)/b17-10-. The minimum absolute atomic E-state index is 0.0422. The molecular weight excluding hydrogens is 259 g/mol. The highest BCUT2D eigenvalue weighted by atomic mass is 19.1. The maximum atomic E-state index is 13.3. The third kappa shape index (κ3) is 3.41. The van der Waals surface area contributed by atoms with E-state index in [2.05, 4.69) is 10.5 Å². The zero-order chi connectivity index (χ0) is 14.4. The lowest BCUT2D eigenvalue weighted by molar-refractivity contribution is 0.0951. The monoisotopic (exact) mass is 272 g/mol. The van der Waals surface area contributed by atoms with Crippen LogP contribution in [0.3, 0.4) is 0 Å². The van der Waals surface area contributed by atoms with Gasteiger partial charge in [-0.2, -0.15) is 5.10 Å². The lowest BCUT2D eigenvalue weighted by Gasteiger charge is -2.01. The van der Waals surface area contributed by atoms with Crippen LogP contribution in [-0.2, 0) is 0 Å². The number of nitrogens with zero attached hydrogens (tertiary/aromatic N) is 1. The minimum Gasteiger partial charge on any atom is -0.497 e. The Morgan fingerprint density at radius 3 is 2.55 bits per heavy atom. The third-order valence-corrected chi connectivity index (χ3v) is 2.61. The summed E-state index contributed by atoms with van der Waals surface area (Å²) in [6, 6.07) is 12.9. The minimum atomic E-state index is -0.590. The first-order valence-electron chi connectivity index (χ1n) is 5.92. The Hall–Kier alpha value is -2.69. The van der Waals surface area contributed by atoms with Crippen LogP contribution in [0.5, 0.6) is 5.75 Å². The fourth-order valence-electron chi connectivity index (χ4n) is 1.56. The second-order valence-corrected chi connectivity index (χ2v) is 3.95. The van der Waals surface area contributed by atoms with Gasteiger partial charge in [0.1, 0.15) is 11.6 Å². The molecule has 0 aliphatic heterocycles. The molecule has 0 bridgehead atoms. The number of hydrazone groups is 1. The van der Waals surface area contributed by atoms with E-state index in [0.29, 0.717) is 0 Å². The molecule has 20 heavy (non-hydrogen) atoms. The van der Waals surface area contributed by atoms with E-state index in [1.54, 1.807) is 37.4 Å². The number of halogens is 1. The number of benzene rings is 2. The van der Waals surface area contributed by atoms with E-state index in [1.807, 2.05) is 0 Å². The summed E-state index contributed by atoms with van der Waals surface area (Å²) in [5.41, 5.74) is 3.03. The summed E-state index contributed by atoms with van der Waals surface area (Å²) in [6.07, 6.45) is 1.47. The van der Waals surface area contributed by atoms with Crippen LogP contribution in [0.1, 0.15) is 15.9 Å². The molecule has 0 saturated carbocycles. The summed E-state index contributed by atoms with van der Waals surface area (Å²) in [7, 11) is 1.58. The largest absolute Gasteiger partial charge is 0.497 e. The van der Waals surface area contributed by atoms with Gasteiger partial charge in [-0.15, -0.1) is 0 Å². The number of nitrogens with one attached hydrogen (secondary N) is 1. The maximum absolute atomic E-state index is 13.3. The molecule has 102 valence electrons.